The second kappa shape index (κ2) is 11.6. The van der Waals surface area contributed by atoms with E-state index in [4.69, 9.17) is 15.0 Å². The van der Waals surface area contributed by atoms with Gasteiger partial charge in [-0.2, -0.15) is 0 Å². The summed E-state index contributed by atoms with van der Waals surface area (Å²) in [5.41, 5.74) is 8.65. The van der Waals surface area contributed by atoms with E-state index in [0.29, 0.717) is 17.5 Å². The molecule has 0 spiro atoms. The molecule has 0 fully saturated rings. The summed E-state index contributed by atoms with van der Waals surface area (Å²) in [5.74, 6) is 1.94. The fraction of sp³-hybridized carbons (Fsp3) is 0. The van der Waals surface area contributed by atoms with Crippen LogP contribution in [0.15, 0.2) is 170 Å². The van der Waals surface area contributed by atoms with Gasteiger partial charge >= 0.3 is 0 Å². The van der Waals surface area contributed by atoms with E-state index in [1.165, 1.54) is 36.7 Å². The molecule has 0 amide bonds. The Morgan fingerprint density at radius 1 is 0.400 bits per heavy atom. The molecule has 10 rings (SSSR count). The first-order valence-corrected chi connectivity index (χ1v) is 17.5. The van der Waals surface area contributed by atoms with Gasteiger partial charge in [-0.05, 0) is 41.5 Å². The number of thiophene rings is 1. The van der Waals surface area contributed by atoms with Gasteiger partial charge in [0, 0.05) is 53.3 Å². The quantitative estimate of drug-likeness (QED) is 0.185. The summed E-state index contributed by atoms with van der Waals surface area (Å²) < 4.78 is 4.82. The van der Waals surface area contributed by atoms with Crippen molar-refractivity contribution < 1.29 is 0 Å². The second-order valence-corrected chi connectivity index (χ2v) is 13.5. The molecule has 0 aliphatic heterocycles. The molecule has 7 aromatic carbocycles. The minimum Gasteiger partial charge on any atom is -0.309 e. The number of para-hydroxylation sites is 3. The normalized spacial score (nSPS) is 11.6. The molecule has 0 atom stereocenters. The Balaban J connectivity index is 1.21. The maximum Gasteiger partial charge on any atom is 0.166 e. The van der Waals surface area contributed by atoms with E-state index in [-0.39, 0.29) is 0 Å². The van der Waals surface area contributed by atoms with E-state index in [1.54, 1.807) is 0 Å². The molecular formula is C45H28N4S. The highest BCUT2D eigenvalue weighted by atomic mass is 32.1. The highest BCUT2D eigenvalue weighted by molar-refractivity contribution is 7.26. The van der Waals surface area contributed by atoms with Crippen LogP contribution < -0.4 is 0 Å². The Hall–Kier alpha value is -6.43. The fourth-order valence-corrected chi connectivity index (χ4v) is 8.45. The first-order valence-electron chi connectivity index (χ1n) is 16.7. The van der Waals surface area contributed by atoms with Crippen molar-refractivity contribution in [3.63, 3.8) is 0 Å². The van der Waals surface area contributed by atoms with Crippen molar-refractivity contribution in [3.8, 4) is 51.0 Å². The Morgan fingerprint density at radius 2 is 1.00 bits per heavy atom. The average molecular weight is 657 g/mol. The molecule has 5 heteroatoms. The van der Waals surface area contributed by atoms with Crippen LogP contribution in [0.5, 0.6) is 0 Å². The third kappa shape index (κ3) is 4.63. The van der Waals surface area contributed by atoms with E-state index in [0.717, 1.165) is 38.8 Å². The molecule has 4 nitrogen and oxygen atoms in total. The Kier molecular flexibility index (Phi) is 6.64. The van der Waals surface area contributed by atoms with Crippen LogP contribution in [-0.4, -0.2) is 19.5 Å². The lowest BCUT2D eigenvalue weighted by Gasteiger charge is -2.12. The molecular weight excluding hydrogens is 629 g/mol. The van der Waals surface area contributed by atoms with E-state index >= 15 is 0 Å². The number of nitrogens with zero attached hydrogens (tertiary/aromatic N) is 4. The van der Waals surface area contributed by atoms with Gasteiger partial charge in [-0.1, -0.05) is 140 Å². The summed E-state index contributed by atoms with van der Waals surface area (Å²) >= 11 is 1.82. The molecule has 0 radical (unpaired) electrons. The molecule has 0 saturated heterocycles. The van der Waals surface area contributed by atoms with Crippen LogP contribution in [0.3, 0.4) is 0 Å². The number of aromatic nitrogens is 4. The number of rotatable bonds is 5. The zero-order valence-corrected chi connectivity index (χ0v) is 27.7. The number of fused-ring (bicyclic) bond motifs is 6. The molecule has 50 heavy (non-hydrogen) atoms. The molecule has 0 unspecified atom stereocenters. The van der Waals surface area contributed by atoms with Crippen LogP contribution in [0.25, 0.3) is 93.0 Å². The van der Waals surface area contributed by atoms with Crippen molar-refractivity contribution in [2.24, 2.45) is 0 Å². The lowest BCUT2D eigenvalue weighted by molar-refractivity contribution is 1.07. The van der Waals surface area contributed by atoms with Gasteiger partial charge in [-0.25, -0.2) is 15.0 Å². The molecule has 0 N–H and O–H groups in total. The van der Waals surface area contributed by atoms with Crippen molar-refractivity contribution in [2.75, 3.05) is 0 Å². The van der Waals surface area contributed by atoms with E-state index in [1.807, 2.05) is 29.5 Å². The van der Waals surface area contributed by atoms with Crippen molar-refractivity contribution in [1.82, 2.24) is 19.5 Å². The van der Waals surface area contributed by atoms with Gasteiger partial charge in [-0.15, -0.1) is 11.3 Å². The van der Waals surface area contributed by atoms with Crippen LogP contribution >= 0.6 is 11.3 Å². The smallest absolute Gasteiger partial charge is 0.166 e. The van der Waals surface area contributed by atoms with Crippen LogP contribution in [0, 0.1) is 0 Å². The highest BCUT2D eigenvalue weighted by Crippen LogP contribution is 2.42. The minimum absolute atomic E-state index is 0.641. The topological polar surface area (TPSA) is 43.6 Å². The first-order chi connectivity index (χ1) is 24.8. The lowest BCUT2D eigenvalue weighted by Crippen LogP contribution is -2.02. The summed E-state index contributed by atoms with van der Waals surface area (Å²) in [6, 6.07) is 59.6. The van der Waals surface area contributed by atoms with Crippen LogP contribution in [0.1, 0.15) is 0 Å². The van der Waals surface area contributed by atoms with Crippen molar-refractivity contribution in [3.05, 3.63) is 170 Å². The maximum absolute atomic E-state index is 5.25. The molecule has 0 saturated carbocycles. The highest BCUT2D eigenvalue weighted by Gasteiger charge is 2.20. The molecule has 0 aliphatic rings. The number of hydrogen-bond donors (Lipinski definition) is 0. The van der Waals surface area contributed by atoms with Gasteiger partial charge in [0.15, 0.2) is 17.5 Å². The predicted molar refractivity (Wildman–Crippen MR) is 209 cm³/mol. The molecule has 0 aliphatic carbocycles. The van der Waals surface area contributed by atoms with Gasteiger partial charge in [0.2, 0.25) is 0 Å². The lowest BCUT2D eigenvalue weighted by atomic mass is 10.0. The third-order valence-corrected chi connectivity index (χ3v) is 10.7. The van der Waals surface area contributed by atoms with Crippen LogP contribution in [-0.2, 0) is 0 Å². The summed E-state index contributed by atoms with van der Waals surface area (Å²) in [6.07, 6.45) is 0. The zero-order chi connectivity index (χ0) is 33.0. The predicted octanol–water partition coefficient (Wildman–Crippen LogP) is 12.0. The standard InChI is InChI=1S/C45H28N4S/c1-4-14-29(15-5-1)33-21-12-23-37-35-27-26-31(28-40(35)50-42(33)37)44-46-43(30-16-6-2-7-17-30)47-45(48-44)38-24-13-22-36-34-20-10-11-25-39(34)49(41(36)38)32-18-8-3-9-19-32/h1-28H. The van der Waals surface area contributed by atoms with E-state index in [9.17, 15) is 0 Å². The molecule has 0 bridgehead atoms. The fourth-order valence-electron chi connectivity index (χ4n) is 7.17. The van der Waals surface area contributed by atoms with E-state index < -0.39 is 0 Å². The maximum atomic E-state index is 5.25. The Morgan fingerprint density at radius 3 is 1.78 bits per heavy atom. The monoisotopic (exact) mass is 656 g/mol. The SMILES string of the molecule is c1ccc(-c2nc(-c3ccc4c(c3)sc3c(-c5ccccc5)cccc34)nc(-c3cccc4c5ccccc5n(-c5ccccc5)c34)n2)cc1. The summed E-state index contributed by atoms with van der Waals surface area (Å²) in [7, 11) is 0. The van der Waals surface area contributed by atoms with Gasteiger partial charge in [-0.3, -0.25) is 0 Å². The summed E-state index contributed by atoms with van der Waals surface area (Å²) in [5, 5.41) is 4.85. The van der Waals surface area contributed by atoms with Crippen LogP contribution in [0.4, 0.5) is 0 Å². The molecule has 234 valence electrons. The van der Waals surface area contributed by atoms with Gasteiger partial charge in [0.1, 0.15) is 0 Å². The second-order valence-electron chi connectivity index (χ2n) is 12.4. The zero-order valence-electron chi connectivity index (χ0n) is 26.9. The summed E-state index contributed by atoms with van der Waals surface area (Å²) in [6.45, 7) is 0. The number of benzene rings is 7. The van der Waals surface area contributed by atoms with Crippen molar-refractivity contribution in [2.45, 2.75) is 0 Å². The summed E-state index contributed by atoms with van der Waals surface area (Å²) in [4.78, 5) is 15.5. The molecule has 3 heterocycles. The molecule has 3 aromatic heterocycles. The van der Waals surface area contributed by atoms with Gasteiger partial charge in [0.05, 0.1) is 11.0 Å². The number of hydrogen-bond acceptors (Lipinski definition) is 4. The first kappa shape index (κ1) is 28.6. The third-order valence-electron chi connectivity index (χ3n) is 9.46. The van der Waals surface area contributed by atoms with Gasteiger partial charge < -0.3 is 4.57 Å². The minimum atomic E-state index is 0.641. The van der Waals surface area contributed by atoms with Crippen molar-refractivity contribution in [1.29, 1.82) is 0 Å². The average Bonchev–Trinajstić information content (AvgIpc) is 3.74. The van der Waals surface area contributed by atoms with E-state index in [2.05, 4.69) is 156 Å². The molecule has 10 aromatic rings. The largest absolute Gasteiger partial charge is 0.309 e. The Bertz CT molecular complexity index is 2860. The Labute approximate surface area is 292 Å². The van der Waals surface area contributed by atoms with Crippen molar-refractivity contribution >= 4 is 53.3 Å². The van der Waals surface area contributed by atoms with Crippen LogP contribution in [0.2, 0.25) is 0 Å². The van der Waals surface area contributed by atoms with Gasteiger partial charge in [0.25, 0.3) is 0 Å².